The van der Waals surface area contributed by atoms with E-state index in [4.69, 9.17) is 16.3 Å². The summed E-state index contributed by atoms with van der Waals surface area (Å²) in [6.07, 6.45) is 6.62. The molecule has 26 heavy (non-hydrogen) atoms. The Morgan fingerprint density at radius 2 is 2.00 bits per heavy atom. The molecule has 0 atom stereocenters. The summed E-state index contributed by atoms with van der Waals surface area (Å²) in [5.41, 5.74) is 1.54. The number of ether oxygens (including phenoxy) is 1. The summed E-state index contributed by atoms with van der Waals surface area (Å²) in [4.78, 5) is 4.02. The number of aromatic nitrogens is 2. The number of hydrogen-bond acceptors (Lipinski definition) is 3. The van der Waals surface area contributed by atoms with E-state index in [9.17, 15) is 4.39 Å². The van der Waals surface area contributed by atoms with Gasteiger partial charge in [-0.15, -0.1) is 0 Å². The van der Waals surface area contributed by atoms with Gasteiger partial charge in [-0.25, -0.2) is 9.37 Å². The molecule has 0 fully saturated rings. The van der Waals surface area contributed by atoms with E-state index in [-0.39, 0.29) is 12.4 Å². The van der Waals surface area contributed by atoms with Crippen molar-refractivity contribution in [3.8, 4) is 5.75 Å². The van der Waals surface area contributed by atoms with Gasteiger partial charge < -0.3 is 14.6 Å². The highest BCUT2D eigenvalue weighted by Gasteiger charge is 2.07. The smallest absolute Gasteiger partial charge is 0.131 e. The van der Waals surface area contributed by atoms with Crippen molar-refractivity contribution in [1.29, 1.82) is 0 Å². The second-order valence-electron chi connectivity index (χ2n) is 5.96. The third kappa shape index (κ3) is 5.31. The van der Waals surface area contributed by atoms with Crippen LogP contribution in [0.1, 0.15) is 17.5 Å². The zero-order valence-electron chi connectivity index (χ0n) is 14.4. The standard InChI is InChI=1S/C20H21ClFN3O/c21-19-3-1-4-20(22)18(19)14-26-17-7-5-16(6-8-17)13-23-9-2-11-25-12-10-24-15-25/h1,3-8,10,12,15,23H,2,9,11,13-14H2. The van der Waals surface area contributed by atoms with Crippen molar-refractivity contribution in [3.05, 3.63) is 83.2 Å². The Hall–Kier alpha value is -2.37. The van der Waals surface area contributed by atoms with Crippen molar-refractivity contribution >= 4 is 11.6 Å². The zero-order valence-corrected chi connectivity index (χ0v) is 15.1. The minimum atomic E-state index is -0.353. The molecule has 0 aliphatic rings. The molecule has 0 saturated heterocycles. The second-order valence-corrected chi connectivity index (χ2v) is 6.37. The number of nitrogens with one attached hydrogen (secondary N) is 1. The quantitative estimate of drug-likeness (QED) is 0.564. The predicted octanol–water partition coefficient (Wildman–Crippen LogP) is 4.43. The molecule has 0 radical (unpaired) electrons. The molecule has 0 aliphatic carbocycles. The summed E-state index contributed by atoms with van der Waals surface area (Å²) < 4.78 is 21.4. The lowest BCUT2D eigenvalue weighted by molar-refractivity contribution is 0.300. The lowest BCUT2D eigenvalue weighted by Crippen LogP contribution is -2.16. The third-order valence-corrected chi connectivity index (χ3v) is 4.38. The number of halogens is 2. The Balaban J connectivity index is 1.40. The minimum Gasteiger partial charge on any atom is -0.489 e. The molecule has 6 heteroatoms. The molecule has 136 valence electrons. The average molecular weight is 374 g/mol. The van der Waals surface area contributed by atoms with Gasteiger partial charge in [-0.3, -0.25) is 0 Å². The summed E-state index contributed by atoms with van der Waals surface area (Å²) >= 11 is 6.00. The SMILES string of the molecule is Fc1cccc(Cl)c1COc1ccc(CNCCCn2ccnc2)cc1. The van der Waals surface area contributed by atoms with Crippen LogP contribution in [0.4, 0.5) is 4.39 Å². The number of rotatable bonds is 9. The largest absolute Gasteiger partial charge is 0.489 e. The van der Waals surface area contributed by atoms with Crippen molar-refractivity contribution in [2.45, 2.75) is 26.1 Å². The second kappa shape index (κ2) is 9.36. The van der Waals surface area contributed by atoms with Crippen molar-refractivity contribution in [1.82, 2.24) is 14.9 Å². The van der Waals surface area contributed by atoms with E-state index in [1.54, 1.807) is 18.3 Å². The van der Waals surface area contributed by atoms with Crippen LogP contribution in [0.25, 0.3) is 0 Å². The Morgan fingerprint density at radius 1 is 1.15 bits per heavy atom. The maximum absolute atomic E-state index is 13.7. The van der Waals surface area contributed by atoms with Crippen molar-refractivity contribution in [2.24, 2.45) is 0 Å². The molecular weight excluding hydrogens is 353 g/mol. The van der Waals surface area contributed by atoms with Gasteiger partial charge in [0.15, 0.2) is 0 Å². The number of nitrogens with zero attached hydrogens (tertiary/aromatic N) is 2. The topological polar surface area (TPSA) is 39.1 Å². The van der Waals surface area contributed by atoms with E-state index in [1.165, 1.54) is 11.6 Å². The van der Waals surface area contributed by atoms with Crippen LogP contribution in [0.15, 0.2) is 61.2 Å². The summed E-state index contributed by atoms with van der Waals surface area (Å²) in [5, 5.41) is 3.79. The molecule has 1 N–H and O–H groups in total. The Bertz CT molecular complexity index is 786. The molecule has 4 nitrogen and oxygen atoms in total. The molecule has 3 aromatic rings. The molecule has 0 bridgehead atoms. The van der Waals surface area contributed by atoms with Gasteiger partial charge in [0.05, 0.1) is 11.3 Å². The first-order valence-corrected chi connectivity index (χ1v) is 8.91. The van der Waals surface area contributed by atoms with Crippen LogP contribution in [0, 0.1) is 5.82 Å². The van der Waals surface area contributed by atoms with Crippen LogP contribution in [-0.2, 0) is 19.7 Å². The first-order chi connectivity index (χ1) is 12.7. The monoisotopic (exact) mass is 373 g/mol. The third-order valence-electron chi connectivity index (χ3n) is 4.03. The molecule has 0 saturated carbocycles. The Kier molecular flexibility index (Phi) is 6.63. The van der Waals surface area contributed by atoms with Gasteiger partial charge in [0.25, 0.3) is 0 Å². The highest BCUT2D eigenvalue weighted by atomic mass is 35.5. The van der Waals surface area contributed by atoms with E-state index >= 15 is 0 Å². The summed E-state index contributed by atoms with van der Waals surface area (Å²) in [7, 11) is 0. The molecule has 0 aliphatic heterocycles. The molecule has 1 heterocycles. The van der Waals surface area contributed by atoms with Crippen molar-refractivity contribution in [3.63, 3.8) is 0 Å². The van der Waals surface area contributed by atoms with Gasteiger partial charge >= 0.3 is 0 Å². The highest BCUT2D eigenvalue weighted by Crippen LogP contribution is 2.21. The lowest BCUT2D eigenvalue weighted by Gasteiger charge is -2.10. The summed E-state index contributed by atoms with van der Waals surface area (Å²) in [6.45, 7) is 2.79. The van der Waals surface area contributed by atoms with E-state index in [1.807, 2.05) is 36.8 Å². The van der Waals surface area contributed by atoms with Gasteiger partial charge in [0.2, 0.25) is 0 Å². The van der Waals surface area contributed by atoms with Crippen LogP contribution in [-0.4, -0.2) is 16.1 Å². The maximum atomic E-state index is 13.7. The number of benzene rings is 2. The fraction of sp³-hybridized carbons (Fsp3) is 0.250. The van der Waals surface area contributed by atoms with Crippen LogP contribution < -0.4 is 10.1 Å². The minimum absolute atomic E-state index is 0.108. The maximum Gasteiger partial charge on any atom is 0.131 e. The van der Waals surface area contributed by atoms with E-state index in [2.05, 4.69) is 14.9 Å². The molecule has 0 amide bonds. The molecule has 3 rings (SSSR count). The lowest BCUT2D eigenvalue weighted by atomic mass is 10.2. The predicted molar refractivity (Wildman–Crippen MR) is 101 cm³/mol. The molecule has 2 aromatic carbocycles. The molecular formula is C20H21ClFN3O. The van der Waals surface area contributed by atoms with Gasteiger partial charge in [-0.05, 0) is 42.8 Å². The van der Waals surface area contributed by atoms with E-state index in [0.29, 0.717) is 16.3 Å². The van der Waals surface area contributed by atoms with Gasteiger partial charge in [0.1, 0.15) is 18.2 Å². The fourth-order valence-corrected chi connectivity index (χ4v) is 2.79. The van der Waals surface area contributed by atoms with Crippen LogP contribution in [0.2, 0.25) is 5.02 Å². The molecule has 0 unspecified atom stereocenters. The van der Waals surface area contributed by atoms with E-state index in [0.717, 1.165) is 26.1 Å². The van der Waals surface area contributed by atoms with Gasteiger partial charge in [-0.1, -0.05) is 29.8 Å². The highest BCUT2D eigenvalue weighted by molar-refractivity contribution is 6.31. The fourth-order valence-electron chi connectivity index (χ4n) is 2.57. The summed E-state index contributed by atoms with van der Waals surface area (Å²) in [6, 6.07) is 12.4. The van der Waals surface area contributed by atoms with Gasteiger partial charge in [-0.2, -0.15) is 0 Å². The molecule has 1 aromatic heterocycles. The number of aryl methyl sites for hydroxylation is 1. The van der Waals surface area contributed by atoms with Crippen LogP contribution in [0.3, 0.4) is 0 Å². The van der Waals surface area contributed by atoms with Crippen molar-refractivity contribution < 1.29 is 9.13 Å². The zero-order chi connectivity index (χ0) is 18.2. The Labute approximate surface area is 157 Å². The average Bonchev–Trinajstić information content (AvgIpc) is 3.16. The van der Waals surface area contributed by atoms with Gasteiger partial charge in [0, 0.05) is 31.0 Å². The normalized spacial score (nSPS) is 10.8. The first kappa shape index (κ1) is 18.4. The number of imidazole rings is 1. The number of hydrogen-bond donors (Lipinski definition) is 1. The molecule has 0 spiro atoms. The summed E-state index contributed by atoms with van der Waals surface area (Å²) in [5.74, 6) is 0.335. The first-order valence-electron chi connectivity index (χ1n) is 8.53. The van der Waals surface area contributed by atoms with E-state index < -0.39 is 0 Å². The van der Waals surface area contributed by atoms with Crippen molar-refractivity contribution in [2.75, 3.05) is 6.54 Å². The Morgan fingerprint density at radius 3 is 2.73 bits per heavy atom. The van der Waals surface area contributed by atoms with Crippen LogP contribution >= 0.6 is 11.6 Å². The van der Waals surface area contributed by atoms with Crippen LogP contribution in [0.5, 0.6) is 5.75 Å².